The molecule has 2 aromatic rings. The number of para-hydroxylation sites is 1. The van der Waals surface area contributed by atoms with Crippen LogP contribution in [0.15, 0.2) is 36.4 Å². The van der Waals surface area contributed by atoms with Gasteiger partial charge in [-0.05, 0) is 106 Å². The predicted octanol–water partition coefficient (Wildman–Crippen LogP) is 3.73. The molecule has 5 N–H and O–H groups in total. The van der Waals surface area contributed by atoms with E-state index in [0.717, 1.165) is 23.0 Å². The predicted molar refractivity (Wildman–Crippen MR) is 217 cm³/mol. The number of nitrogens with zero attached hydrogens (tertiary/aromatic N) is 3. The molecular weight excluding hydrogens is 716 g/mol. The van der Waals surface area contributed by atoms with Crippen molar-refractivity contribution >= 4 is 16.9 Å². The smallest absolute Gasteiger partial charge is 0.311 e. The molecule has 13 nitrogen and oxygen atoms in total. The highest BCUT2D eigenvalue weighted by Crippen LogP contribution is 2.37. The highest BCUT2D eigenvalue weighted by molar-refractivity contribution is 5.78. The molecule has 3 heterocycles. The average molecular weight is 789 g/mol. The summed E-state index contributed by atoms with van der Waals surface area (Å²) in [6.07, 6.45) is -4.15. The molecule has 0 amide bonds. The van der Waals surface area contributed by atoms with Crippen molar-refractivity contribution in [2.45, 2.75) is 154 Å². The number of aliphatic hydroxyl groups excluding tert-OH is 2. The SMILES string of the molecule is CC[C@H]1OC(=O)[C@H](C)[C@@H](O)[C@H](C)[C@@H](O[C@@H]2O[C@H](C)C[C@H](N(C)C)[C@H]2OCCCNCc2ccc3ccccc3n2)[C@](C)(O)C[C@@H](C)CN(C)[C@H](C)[C@@H](O)[C@]1(C)O. The Hall–Kier alpha value is -2.30. The molecule has 318 valence electrons. The van der Waals surface area contributed by atoms with Crippen LogP contribution in [0.2, 0.25) is 0 Å². The van der Waals surface area contributed by atoms with E-state index in [4.69, 9.17) is 23.9 Å². The Labute approximate surface area is 335 Å². The minimum atomic E-state index is -1.76. The molecule has 2 fully saturated rings. The molecule has 0 unspecified atom stereocenters. The summed E-state index contributed by atoms with van der Waals surface area (Å²) in [5.74, 6) is -2.62. The van der Waals surface area contributed by atoms with Crippen molar-refractivity contribution in [1.82, 2.24) is 20.1 Å². The number of aliphatic hydroxyl groups is 4. The number of cyclic esters (lactones) is 1. The molecule has 2 aliphatic rings. The first kappa shape index (κ1) is 46.4. The van der Waals surface area contributed by atoms with Crippen molar-refractivity contribution < 1.29 is 44.2 Å². The van der Waals surface area contributed by atoms with E-state index >= 15 is 0 Å². The average Bonchev–Trinajstić information content (AvgIpc) is 3.14. The quantitative estimate of drug-likeness (QED) is 0.165. The van der Waals surface area contributed by atoms with Gasteiger partial charge < -0.3 is 54.5 Å². The van der Waals surface area contributed by atoms with Crippen LogP contribution < -0.4 is 5.32 Å². The molecule has 1 aromatic carbocycles. The van der Waals surface area contributed by atoms with Crippen LogP contribution in [-0.2, 0) is 30.3 Å². The van der Waals surface area contributed by atoms with E-state index in [0.29, 0.717) is 32.7 Å². The molecule has 0 spiro atoms. The van der Waals surface area contributed by atoms with Crippen molar-refractivity contribution in [3.05, 3.63) is 42.1 Å². The lowest BCUT2D eigenvalue weighted by Crippen LogP contribution is -2.60. The zero-order valence-electron chi connectivity index (χ0n) is 35.7. The number of pyridine rings is 1. The van der Waals surface area contributed by atoms with E-state index in [1.54, 1.807) is 27.7 Å². The van der Waals surface area contributed by atoms with E-state index in [-0.39, 0.29) is 30.9 Å². The van der Waals surface area contributed by atoms with E-state index in [2.05, 4.69) is 22.3 Å². The normalized spacial score (nSPS) is 38.6. The van der Waals surface area contributed by atoms with Crippen LogP contribution >= 0.6 is 0 Å². The third kappa shape index (κ3) is 11.5. The summed E-state index contributed by atoms with van der Waals surface area (Å²) in [5.41, 5.74) is -1.31. The Bertz CT molecular complexity index is 1530. The van der Waals surface area contributed by atoms with Gasteiger partial charge in [-0.25, -0.2) is 0 Å². The number of esters is 1. The minimum Gasteiger partial charge on any atom is -0.459 e. The summed E-state index contributed by atoms with van der Waals surface area (Å²) < 4.78 is 25.8. The second-order valence-corrected chi connectivity index (χ2v) is 17.5. The topological polar surface area (TPSA) is 166 Å². The molecule has 2 aliphatic heterocycles. The summed E-state index contributed by atoms with van der Waals surface area (Å²) >= 11 is 0. The molecule has 14 atom stereocenters. The standard InChI is InChI=1S/C43H72N4O9/c1-12-35-43(8,52)38(49)30(6)47(11)25-26(2)23-42(7,51)39(28(4)36(48)29(5)40(50)55-35)56-41-37(34(46(9)10)22-27(3)54-41)53-21-15-20-44-24-32-19-18-31-16-13-14-17-33(31)45-32/h13-14,16-19,26-30,34-39,41,44,48-49,51-52H,12,15,20-25H2,1-11H3/t26-,27-,28+,29-,30-,34+,35-,36+,37-,38-,39-,41+,42-,43-/m1/s1. The molecule has 2 saturated heterocycles. The zero-order valence-corrected chi connectivity index (χ0v) is 35.7. The van der Waals surface area contributed by atoms with Crippen molar-refractivity contribution in [3.63, 3.8) is 0 Å². The van der Waals surface area contributed by atoms with Crippen molar-refractivity contribution in [2.24, 2.45) is 17.8 Å². The highest BCUT2D eigenvalue weighted by Gasteiger charge is 2.50. The monoisotopic (exact) mass is 789 g/mol. The molecule has 0 aliphatic carbocycles. The van der Waals surface area contributed by atoms with Gasteiger partial charge in [0.1, 0.15) is 23.9 Å². The van der Waals surface area contributed by atoms with Crippen LogP contribution in [-0.4, -0.2) is 148 Å². The molecule has 0 bridgehead atoms. The molecule has 56 heavy (non-hydrogen) atoms. The van der Waals surface area contributed by atoms with Crippen LogP contribution in [0.1, 0.15) is 86.8 Å². The first-order valence-electron chi connectivity index (χ1n) is 20.6. The Kier molecular flexibility index (Phi) is 16.7. The first-order chi connectivity index (χ1) is 26.3. The number of likely N-dealkylation sites (N-methyl/N-ethyl adjacent to an activating group) is 2. The minimum absolute atomic E-state index is 0.0564. The van der Waals surface area contributed by atoms with Gasteiger partial charge in [-0.1, -0.05) is 45.0 Å². The van der Waals surface area contributed by atoms with Crippen LogP contribution in [0, 0.1) is 17.8 Å². The van der Waals surface area contributed by atoms with Crippen LogP contribution in [0.4, 0.5) is 0 Å². The molecule has 0 radical (unpaired) electrons. The van der Waals surface area contributed by atoms with Gasteiger partial charge in [-0.2, -0.15) is 0 Å². The summed E-state index contributed by atoms with van der Waals surface area (Å²) in [6, 6.07) is 11.6. The van der Waals surface area contributed by atoms with Gasteiger partial charge in [0.05, 0.1) is 41.0 Å². The lowest BCUT2D eigenvalue weighted by Gasteiger charge is -2.48. The number of nitrogens with one attached hydrogen (secondary N) is 1. The number of rotatable bonds is 11. The summed E-state index contributed by atoms with van der Waals surface area (Å²) in [4.78, 5) is 22.4. The first-order valence-corrected chi connectivity index (χ1v) is 20.6. The van der Waals surface area contributed by atoms with Crippen LogP contribution in [0.3, 0.4) is 0 Å². The fourth-order valence-corrected chi connectivity index (χ4v) is 8.74. The number of aromatic nitrogens is 1. The number of ether oxygens (including phenoxy) is 4. The number of hydrogen-bond acceptors (Lipinski definition) is 13. The zero-order chi connectivity index (χ0) is 41.5. The van der Waals surface area contributed by atoms with E-state index in [1.165, 1.54) is 6.92 Å². The number of benzene rings is 1. The molecule has 13 heteroatoms. The summed E-state index contributed by atoms with van der Waals surface area (Å²) in [6.45, 7) is 16.4. The van der Waals surface area contributed by atoms with Crippen LogP contribution in [0.5, 0.6) is 0 Å². The molecule has 1 aromatic heterocycles. The second-order valence-electron chi connectivity index (χ2n) is 17.5. The van der Waals surface area contributed by atoms with Gasteiger partial charge in [0.25, 0.3) is 0 Å². The Morgan fingerprint density at radius 3 is 2.43 bits per heavy atom. The Morgan fingerprint density at radius 2 is 1.75 bits per heavy atom. The largest absolute Gasteiger partial charge is 0.459 e. The van der Waals surface area contributed by atoms with Gasteiger partial charge >= 0.3 is 5.97 Å². The van der Waals surface area contributed by atoms with Gasteiger partial charge in [-0.3, -0.25) is 9.78 Å². The number of carbonyl (C=O) groups is 1. The van der Waals surface area contributed by atoms with E-state index in [9.17, 15) is 25.2 Å². The fraction of sp³-hybridized carbons (Fsp3) is 0.767. The maximum Gasteiger partial charge on any atom is 0.311 e. The number of hydrogen-bond donors (Lipinski definition) is 5. The maximum absolute atomic E-state index is 13.6. The third-order valence-corrected chi connectivity index (χ3v) is 12.2. The third-order valence-electron chi connectivity index (χ3n) is 12.2. The van der Waals surface area contributed by atoms with Gasteiger partial charge in [0.15, 0.2) is 6.29 Å². The van der Waals surface area contributed by atoms with E-state index in [1.807, 2.05) is 71.1 Å². The maximum atomic E-state index is 13.6. The highest BCUT2D eigenvalue weighted by atomic mass is 16.7. The second kappa shape index (κ2) is 20.1. The fourth-order valence-electron chi connectivity index (χ4n) is 8.74. The number of fused-ring (bicyclic) bond motifs is 1. The lowest BCUT2D eigenvalue weighted by atomic mass is 9.78. The lowest BCUT2D eigenvalue weighted by molar-refractivity contribution is -0.306. The van der Waals surface area contributed by atoms with E-state index < -0.39 is 71.9 Å². The van der Waals surface area contributed by atoms with Crippen LogP contribution in [0.25, 0.3) is 10.9 Å². The molecule has 0 saturated carbocycles. The molecular formula is C43H72N4O9. The van der Waals surface area contributed by atoms with Gasteiger partial charge in [-0.15, -0.1) is 0 Å². The van der Waals surface area contributed by atoms with Gasteiger partial charge in [0, 0.05) is 43.1 Å². The Balaban J connectivity index is 1.55. The summed E-state index contributed by atoms with van der Waals surface area (Å²) in [5, 5.41) is 51.7. The van der Waals surface area contributed by atoms with Crippen molar-refractivity contribution in [3.8, 4) is 0 Å². The van der Waals surface area contributed by atoms with Gasteiger partial charge in [0.2, 0.25) is 0 Å². The van der Waals surface area contributed by atoms with Crippen molar-refractivity contribution in [1.29, 1.82) is 0 Å². The summed E-state index contributed by atoms with van der Waals surface area (Å²) in [7, 11) is 5.87. The van der Waals surface area contributed by atoms with Crippen molar-refractivity contribution in [2.75, 3.05) is 40.8 Å². The molecule has 4 rings (SSSR count). The Morgan fingerprint density at radius 1 is 1.05 bits per heavy atom. The number of carbonyl (C=O) groups excluding carboxylic acids is 1.